The lowest BCUT2D eigenvalue weighted by molar-refractivity contribution is -0.185. The molecule has 1 aliphatic carbocycles. The Balaban J connectivity index is 1.90. The van der Waals surface area contributed by atoms with E-state index in [2.05, 4.69) is 20.3 Å². The van der Waals surface area contributed by atoms with Crippen molar-refractivity contribution in [1.29, 1.82) is 0 Å². The highest BCUT2D eigenvalue weighted by Crippen LogP contribution is 2.41. The van der Waals surface area contributed by atoms with Gasteiger partial charge >= 0.3 is 6.18 Å². The van der Waals surface area contributed by atoms with Crippen LogP contribution < -0.4 is 0 Å². The van der Waals surface area contributed by atoms with E-state index in [0.29, 0.717) is 24.0 Å². The topological polar surface area (TPSA) is 56.5 Å². The van der Waals surface area contributed by atoms with Gasteiger partial charge < -0.3 is 0 Å². The van der Waals surface area contributed by atoms with Gasteiger partial charge in [-0.25, -0.2) is 14.6 Å². The Labute approximate surface area is 106 Å². The predicted octanol–water partition coefficient (Wildman–Crippen LogP) is 2.51. The van der Waals surface area contributed by atoms with Crippen LogP contribution in [0.1, 0.15) is 31.7 Å². The third-order valence-electron chi connectivity index (χ3n) is 3.59. The molecule has 0 bridgehead atoms. The van der Waals surface area contributed by atoms with Crippen molar-refractivity contribution in [3.05, 3.63) is 12.5 Å². The van der Waals surface area contributed by atoms with Gasteiger partial charge in [-0.15, -0.1) is 5.10 Å². The van der Waals surface area contributed by atoms with Crippen molar-refractivity contribution in [1.82, 2.24) is 25.0 Å². The minimum atomic E-state index is -4.13. The molecular weight excluding hydrogens is 259 g/mol. The second-order valence-corrected chi connectivity index (χ2v) is 4.82. The van der Waals surface area contributed by atoms with Gasteiger partial charge in [-0.3, -0.25) is 0 Å². The molecule has 0 aromatic carbocycles. The van der Waals surface area contributed by atoms with Crippen LogP contribution in [0, 0.1) is 5.92 Å². The summed E-state index contributed by atoms with van der Waals surface area (Å²) in [5.41, 5.74) is 1.01. The first-order valence-electron chi connectivity index (χ1n) is 6.13. The molecule has 1 saturated carbocycles. The van der Waals surface area contributed by atoms with Gasteiger partial charge in [0.1, 0.15) is 6.33 Å². The maximum absolute atomic E-state index is 12.8. The van der Waals surface area contributed by atoms with Crippen molar-refractivity contribution in [3.63, 3.8) is 0 Å². The van der Waals surface area contributed by atoms with E-state index in [4.69, 9.17) is 0 Å². The molecule has 102 valence electrons. The quantitative estimate of drug-likeness (QED) is 0.799. The van der Waals surface area contributed by atoms with Crippen LogP contribution >= 0.6 is 0 Å². The van der Waals surface area contributed by atoms with E-state index in [0.717, 1.165) is 0 Å². The molecule has 0 radical (unpaired) electrons. The van der Waals surface area contributed by atoms with Crippen LogP contribution in [0.5, 0.6) is 0 Å². The van der Waals surface area contributed by atoms with E-state index >= 15 is 0 Å². The predicted molar refractivity (Wildman–Crippen MR) is 60.2 cm³/mol. The summed E-state index contributed by atoms with van der Waals surface area (Å²) < 4.78 is 39.9. The van der Waals surface area contributed by atoms with E-state index in [-0.39, 0.29) is 18.9 Å². The molecule has 1 fully saturated rings. The van der Waals surface area contributed by atoms with Crippen molar-refractivity contribution >= 4 is 11.2 Å². The number of nitrogens with zero attached hydrogens (tertiary/aromatic N) is 5. The van der Waals surface area contributed by atoms with E-state index in [1.54, 1.807) is 0 Å². The molecule has 0 aliphatic heterocycles. The summed E-state index contributed by atoms with van der Waals surface area (Å²) in [4.78, 5) is 7.87. The Kier molecular flexibility index (Phi) is 2.87. The first-order chi connectivity index (χ1) is 9.05. The monoisotopic (exact) mass is 271 g/mol. The lowest BCUT2D eigenvalue weighted by Crippen LogP contribution is -2.30. The van der Waals surface area contributed by atoms with E-state index < -0.39 is 12.1 Å². The van der Waals surface area contributed by atoms with E-state index in [1.807, 2.05) is 0 Å². The van der Waals surface area contributed by atoms with Crippen LogP contribution in [0.3, 0.4) is 0 Å². The van der Waals surface area contributed by atoms with Crippen LogP contribution in [-0.4, -0.2) is 31.1 Å². The fourth-order valence-corrected chi connectivity index (χ4v) is 2.63. The third-order valence-corrected chi connectivity index (χ3v) is 3.59. The van der Waals surface area contributed by atoms with Gasteiger partial charge in [0.2, 0.25) is 0 Å². The number of hydrogen-bond acceptors (Lipinski definition) is 4. The summed E-state index contributed by atoms with van der Waals surface area (Å²) in [5.74, 6) is -1.26. The molecule has 8 heteroatoms. The van der Waals surface area contributed by atoms with E-state index in [1.165, 1.54) is 17.2 Å². The smallest absolute Gasteiger partial charge is 0.242 e. The van der Waals surface area contributed by atoms with Crippen LogP contribution in [-0.2, 0) is 0 Å². The van der Waals surface area contributed by atoms with Gasteiger partial charge in [-0.1, -0.05) is 11.6 Å². The number of halogens is 3. The average Bonchev–Trinajstić information content (AvgIpc) is 2.82. The van der Waals surface area contributed by atoms with Crippen molar-refractivity contribution in [2.75, 3.05) is 0 Å². The minimum absolute atomic E-state index is 0.0476. The van der Waals surface area contributed by atoms with Crippen molar-refractivity contribution < 1.29 is 13.2 Å². The summed E-state index contributed by atoms with van der Waals surface area (Å²) in [7, 11) is 0. The van der Waals surface area contributed by atoms with Crippen molar-refractivity contribution in [3.8, 4) is 0 Å². The Morgan fingerprint density at radius 3 is 2.89 bits per heavy atom. The minimum Gasteiger partial charge on any atom is -0.242 e. The van der Waals surface area contributed by atoms with Crippen molar-refractivity contribution in [2.45, 2.75) is 37.9 Å². The lowest BCUT2D eigenvalue weighted by Gasteiger charge is -2.30. The molecule has 2 heterocycles. The third kappa shape index (κ3) is 2.26. The fraction of sp³-hybridized carbons (Fsp3) is 0.636. The van der Waals surface area contributed by atoms with Gasteiger partial charge in [0.15, 0.2) is 11.2 Å². The second-order valence-electron chi connectivity index (χ2n) is 4.82. The highest BCUT2D eigenvalue weighted by atomic mass is 19.4. The highest BCUT2D eigenvalue weighted by molar-refractivity contribution is 5.67. The molecule has 0 saturated heterocycles. The highest BCUT2D eigenvalue weighted by Gasteiger charge is 2.43. The largest absolute Gasteiger partial charge is 0.391 e. The summed E-state index contributed by atoms with van der Waals surface area (Å²) in [6, 6.07) is -0.291. The Morgan fingerprint density at radius 1 is 1.26 bits per heavy atom. The molecule has 0 N–H and O–H groups in total. The lowest BCUT2D eigenvalue weighted by atomic mass is 9.85. The Bertz CT molecular complexity index is 579. The zero-order valence-electron chi connectivity index (χ0n) is 10.0. The molecule has 0 spiro atoms. The maximum atomic E-state index is 12.8. The normalized spacial score (nSPS) is 24.8. The summed E-state index contributed by atoms with van der Waals surface area (Å²) in [5, 5.41) is 7.82. The maximum Gasteiger partial charge on any atom is 0.391 e. The number of alkyl halides is 3. The van der Waals surface area contributed by atoms with Gasteiger partial charge in [0.25, 0.3) is 0 Å². The molecule has 0 unspecified atom stereocenters. The number of hydrogen-bond donors (Lipinski definition) is 0. The zero-order valence-corrected chi connectivity index (χ0v) is 10.0. The number of rotatable bonds is 1. The van der Waals surface area contributed by atoms with Crippen molar-refractivity contribution in [2.24, 2.45) is 5.92 Å². The molecule has 5 nitrogen and oxygen atoms in total. The standard InChI is InChI=1S/C11H12F3N5/c12-11(13,14)7-2-1-3-8(4-7)19-10-9(17-18-19)5-15-6-16-10/h5-8H,1-4H2/t7-,8-/m0/s1. The number of fused-ring (bicyclic) bond motifs is 1. The Morgan fingerprint density at radius 2 is 2.11 bits per heavy atom. The molecule has 1 aliphatic rings. The summed E-state index contributed by atoms with van der Waals surface area (Å²) in [6.07, 6.45) is 0.191. The molecule has 0 amide bonds. The van der Waals surface area contributed by atoms with Gasteiger partial charge in [-0.05, 0) is 19.3 Å². The fourth-order valence-electron chi connectivity index (χ4n) is 2.63. The SMILES string of the molecule is FC(F)(F)[C@H]1CCC[C@H](n2nnc3cncnc32)C1. The van der Waals surface area contributed by atoms with Crippen LogP contribution in [0.4, 0.5) is 13.2 Å². The Hall–Kier alpha value is -1.73. The molecule has 19 heavy (non-hydrogen) atoms. The van der Waals surface area contributed by atoms with E-state index in [9.17, 15) is 13.2 Å². The van der Waals surface area contributed by atoms with Gasteiger partial charge in [0.05, 0.1) is 18.2 Å². The van der Waals surface area contributed by atoms with Crippen LogP contribution in [0.2, 0.25) is 0 Å². The average molecular weight is 271 g/mol. The van der Waals surface area contributed by atoms with Crippen LogP contribution in [0.25, 0.3) is 11.2 Å². The zero-order chi connectivity index (χ0) is 13.5. The first-order valence-corrected chi connectivity index (χ1v) is 6.13. The molecule has 2 aromatic heterocycles. The first kappa shape index (κ1) is 12.3. The second kappa shape index (κ2) is 4.43. The molecular formula is C11H12F3N5. The summed E-state index contributed by atoms with van der Waals surface area (Å²) >= 11 is 0. The molecule has 2 atom stereocenters. The van der Waals surface area contributed by atoms with Gasteiger partial charge in [0, 0.05) is 0 Å². The number of aromatic nitrogens is 5. The summed E-state index contributed by atoms with van der Waals surface area (Å²) in [6.45, 7) is 0. The van der Waals surface area contributed by atoms with Crippen LogP contribution in [0.15, 0.2) is 12.5 Å². The molecule has 3 rings (SSSR count). The molecule has 2 aromatic rings. The van der Waals surface area contributed by atoms with Gasteiger partial charge in [-0.2, -0.15) is 13.2 Å².